The Morgan fingerprint density at radius 1 is 0.714 bits per heavy atom. The van der Waals surface area contributed by atoms with Crippen LogP contribution in [0.4, 0.5) is 0 Å². The minimum atomic E-state index is -1.55. The number of halogens is 2. The van der Waals surface area contributed by atoms with E-state index in [1.807, 2.05) is 0 Å². The fourth-order valence-electron chi connectivity index (χ4n) is 3.28. The molecule has 0 aliphatic carbocycles. The molecule has 4 rings (SSSR count). The summed E-state index contributed by atoms with van der Waals surface area (Å²) in [5, 5.41) is 8.03. The molecule has 0 amide bonds. The molecule has 0 nitrogen and oxygen atoms in total. The van der Waals surface area contributed by atoms with Crippen LogP contribution >= 0.6 is 22.2 Å². The van der Waals surface area contributed by atoms with Crippen molar-refractivity contribution >= 4 is 61.9 Å². The predicted octanol–water partition coefficient (Wildman–Crippen LogP) is 5.82. The van der Waals surface area contributed by atoms with Crippen molar-refractivity contribution in [3.8, 4) is 0 Å². The summed E-state index contributed by atoms with van der Waals surface area (Å²) in [5.41, 5.74) is 1.36. The normalized spacial score (nSPS) is 12.1. The number of rotatable bonds is 3. The van der Waals surface area contributed by atoms with Crippen LogP contribution in [-0.2, 0) is 6.42 Å². The van der Waals surface area contributed by atoms with Crippen LogP contribution in [0.5, 0.6) is 0 Å². The van der Waals surface area contributed by atoms with E-state index in [-0.39, 0.29) is 0 Å². The van der Waals surface area contributed by atoms with Crippen molar-refractivity contribution < 1.29 is 0 Å². The Morgan fingerprint density at radius 2 is 1.33 bits per heavy atom. The van der Waals surface area contributed by atoms with Crippen molar-refractivity contribution in [3.05, 3.63) is 60.2 Å². The van der Waals surface area contributed by atoms with Gasteiger partial charge < -0.3 is 0 Å². The van der Waals surface area contributed by atoms with Gasteiger partial charge in [-0.3, -0.25) is 0 Å². The summed E-state index contributed by atoms with van der Waals surface area (Å²) in [6.07, 6.45) is 0.970. The lowest BCUT2D eigenvalue weighted by Gasteiger charge is -2.13. The standard InChI is InChI=1S/C18H14Cl2Si/c19-21(20)11-10-12-4-5-15-7-6-13-2-1-3-14-8-9-16(12)18(15)17(13)14/h1-9,21H,10-11H2. The van der Waals surface area contributed by atoms with E-state index >= 15 is 0 Å². The van der Waals surface area contributed by atoms with Gasteiger partial charge in [0.05, 0.1) is 0 Å². The maximum atomic E-state index is 6.03. The first kappa shape index (κ1) is 13.4. The highest BCUT2D eigenvalue weighted by atomic mass is 35.7. The van der Waals surface area contributed by atoms with Gasteiger partial charge >= 0.3 is 0 Å². The summed E-state index contributed by atoms with van der Waals surface area (Å²) in [5.74, 6) is 0. The second kappa shape index (κ2) is 5.17. The maximum Gasteiger partial charge on any atom is 0.237 e. The first-order valence-corrected chi connectivity index (χ1v) is 11.5. The summed E-state index contributed by atoms with van der Waals surface area (Å²) < 4.78 is 0. The lowest BCUT2D eigenvalue weighted by molar-refractivity contribution is 1.15. The van der Waals surface area contributed by atoms with Gasteiger partial charge in [-0.25, -0.2) is 0 Å². The molecule has 0 aromatic heterocycles. The summed E-state index contributed by atoms with van der Waals surface area (Å²) in [4.78, 5) is 0. The molecule has 0 saturated carbocycles. The monoisotopic (exact) mass is 328 g/mol. The van der Waals surface area contributed by atoms with Crippen LogP contribution in [0.2, 0.25) is 6.04 Å². The van der Waals surface area contributed by atoms with Crippen molar-refractivity contribution in [1.82, 2.24) is 0 Å². The van der Waals surface area contributed by atoms with E-state index in [1.165, 1.54) is 37.9 Å². The zero-order valence-corrected chi connectivity index (χ0v) is 14.1. The molecule has 0 radical (unpaired) electrons. The molecule has 0 aliphatic rings. The first-order valence-electron chi connectivity index (χ1n) is 7.17. The van der Waals surface area contributed by atoms with Gasteiger partial charge in [0.2, 0.25) is 7.42 Å². The topological polar surface area (TPSA) is 0 Å². The van der Waals surface area contributed by atoms with Crippen molar-refractivity contribution in [2.45, 2.75) is 12.5 Å². The molecular weight excluding hydrogens is 315 g/mol. The van der Waals surface area contributed by atoms with Crippen LogP contribution < -0.4 is 0 Å². The molecule has 21 heavy (non-hydrogen) atoms. The van der Waals surface area contributed by atoms with Crippen LogP contribution in [0.1, 0.15) is 5.56 Å². The molecule has 0 spiro atoms. The summed E-state index contributed by atoms with van der Waals surface area (Å²) in [6.45, 7) is 0. The number of hydrogen-bond acceptors (Lipinski definition) is 0. The van der Waals surface area contributed by atoms with Gasteiger partial charge in [-0.2, -0.15) is 22.2 Å². The second-order valence-electron chi connectivity index (χ2n) is 5.51. The Hall–Kier alpha value is -1.28. The van der Waals surface area contributed by atoms with E-state index in [4.69, 9.17) is 22.2 Å². The second-order valence-corrected chi connectivity index (χ2v) is 10.7. The van der Waals surface area contributed by atoms with Crippen LogP contribution in [0.25, 0.3) is 32.3 Å². The molecule has 0 heterocycles. The largest absolute Gasteiger partial charge is 0.237 e. The highest BCUT2D eigenvalue weighted by Gasteiger charge is 2.11. The average molecular weight is 329 g/mol. The Balaban J connectivity index is 2.06. The molecule has 0 fully saturated rings. The Labute approximate surface area is 134 Å². The molecule has 0 N–H and O–H groups in total. The summed E-state index contributed by atoms with van der Waals surface area (Å²) >= 11 is 12.1. The zero-order valence-electron chi connectivity index (χ0n) is 11.4. The van der Waals surface area contributed by atoms with Crippen LogP contribution in [-0.4, -0.2) is 7.42 Å². The smallest absolute Gasteiger partial charge is 0.150 e. The fourth-order valence-corrected chi connectivity index (χ4v) is 4.46. The highest BCUT2D eigenvalue weighted by molar-refractivity contribution is 7.33. The molecule has 0 atom stereocenters. The lowest BCUT2D eigenvalue weighted by atomic mass is 9.91. The van der Waals surface area contributed by atoms with Gasteiger partial charge in [0.25, 0.3) is 0 Å². The van der Waals surface area contributed by atoms with Gasteiger partial charge in [0, 0.05) is 0 Å². The number of hydrogen-bond donors (Lipinski definition) is 0. The summed E-state index contributed by atoms with van der Waals surface area (Å²) in [7, 11) is -1.55. The third-order valence-corrected chi connectivity index (χ3v) is 6.29. The Morgan fingerprint density at radius 3 is 2.05 bits per heavy atom. The molecule has 0 bridgehead atoms. The Bertz CT molecular complexity index is 915. The minimum absolute atomic E-state index is 0.924. The molecule has 4 aromatic rings. The third kappa shape index (κ3) is 2.20. The van der Waals surface area contributed by atoms with Crippen molar-refractivity contribution in [3.63, 3.8) is 0 Å². The molecule has 0 unspecified atom stereocenters. The molecule has 4 aromatic carbocycles. The molecule has 0 saturated heterocycles. The van der Waals surface area contributed by atoms with Crippen LogP contribution in [0.3, 0.4) is 0 Å². The SMILES string of the molecule is Cl[SiH](Cl)CCc1ccc2ccc3cccc4ccc1c2c34. The van der Waals surface area contributed by atoms with Crippen molar-refractivity contribution in [2.24, 2.45) is 0 Å². The molecule has 104 valence electrons. The van der Waals surface area contributed by atoms with Crippen molar-refractivity contribution in [1.29, 1.82) is 0 Å². The summed E-state index contributed by atoms with van der Waals surface area (Å²) in [6, 6.07) is 20.8. The van der Waals surface area contributed by atoms with E-state index in [1.54, 1.807) is 0 Å². The average Bonchev–Trinajstić information content (AvgIpc) is 2.51. The zero-order chi connectivity index (χ0) is 14.4. The first-order chi connectivity index (χ1) is 10.2. The van der Waals surface area contributed by atoms with E-state index in [9.17, 15) is 0 Å². The quantitative estimate of drug-likeness (QED) is 0.252. The molecular formula is C18H14Cl2Si. The third-order valence-electron chi connectivity index (χ3n) is 4.25. The fraction of sp³-hybridized carbons (Fsp3) is 0.111. The van der Waals surface area contributed by atoms with Gasteiger partial charge in [0.15, 0.2) is 0 Å². The predicted molar refractivity (Wildman–Crippen MR) is 97.5 cm³/mol. The van der Waals surface area contributed by atoms with Gasteiger partial charge in [-0.05, 0) is 50.3 Å². The molecule has 0 aliphatic heterocycles. The van der Waals surface area contributed by atoms with E-state index in [2.05, 4.69) is 54.6 Å². The molecule has 3 heteroatoms. The van der Waals surface area contributed by atoms with Crippen LogP contribution in [0.15, 0.2) is 54.6 Å². The van der Waals surface area contributed by atoms with E-state index in [0.29, 0.717) is 0 Å². The highest BCUT2D eigenvalue weighted by Crippen LogP contribution is 2.36. The number of aryl methyl sites for hydroxylation is 1. The number of benzene rings is 4. The van der Waals surface area contributed by atoms with Crippen LogP contribution in [0, 0.1) is 0 Å². The van der Waals surface area contributed by atoms with Gasteiger partial charge in [0.1, 0.15) is 0 Å². The lowest BCUT2D eigenvalue weighted by Crippen LogP contribution is -1.96. The maximum absolute atomic E-state index is 6.03. The van der Waals surface area contributed by atoms with E-state index in [0.717, 1.165) is 12.5 Å². The van der Waals surface area contributed by atoms with Gasteiger partial charge in [-0.1, -0.05) is 54.6 Å². The minimum Gasteiger partial charge on any atom is -0.150 e. The van der Waals surface area contributed by atoms with E-state index < -0.39 is 7.42 Å². The van der Waals surface area contributed by atoms with Crippen molar-refractivity contribution in [2.75, 3.05) is 0 Å². The van der Waals surface area contributed by atoms with Gasteiger partial charge in [-0.15, -0.1) is 0 Å². The Kier molecular flexibility index (Phi) is 3.29.